The number of hydrogen-bond donors (Lipinski definition) is 1. The van der Waals surface area contributed by atoms with Crippen molar-refractivity contribution in [3.63, 3.8) is 0 Å². The molecule has 0 amide bonds. The molecule has 2 heterocycles. The topological polar surface area (TPSA) is 67.8 Å². The van der Waals surface area contributed by atoms with Crippen LogP contribution in [0.4, 0.5) is 4.39 Å². The van der Waals surface area contributed by atoms with Gasteiger partial charge in [0.1, 0.15) is 11.5 Å². The maximum atomic E-state index is 13.0. The molecule has 0 unspecified atom stereocenters. The van der Waals surface area contributed by atoms with Gasteiger partial charge in [-0.1, -0.05) is 0 Å². The van der Waals surface area contributed by atoms with Crippen molar-refractivity contribution in [1.29, 1.82) is 0 Å². The minimum Gasteiger partial charge on any atom is -0.274 e. The molecule has 0 radical (unpaired) electrons. The van der Waals surface area contributed by atoms with Crippen molar-refractivity contribution in [3.05, 3.63) is 38.9 Å². The van der Waals surface area contributed by atoms with E-state index < -0.39 is 17.1 Å². The largest absolute Gasteiger partial charge is 0.330 e. The molecule has 6 heteroatoms. The molecule has 1 fully saturated rings. The number of H-pyrrole nitrogens is 1. The van der Waals surface area contributed by atoms with Gasteiger partial charge in [0, 0.05) is 6.04 Å². The van der Waals surface area contributed by atoms with Gasteiger partial charge in [0.25, 0.3) is 5.56 Å². The van der Waals surface area contributed by atoms with Gasteiger partial charge in [0.2, 0.25) is 0 Å². The number of halogens is 1. The molecule has 1 aliphatic rings. The molecule has 5 nitrogen and oxygen atoms in total. The fourth-order valence-corrected chi connectivity index (χ4v) is 1.78. The molecule has 0 aromatic carbocycles. The maximum absolute atomic E-state index is 13.0. The lowest BCUT2D eigenvalue weighted by molar-refractivity contribution is 0.620. The Morgan fingerprint density at radius 3 is 2.88 bits per heavy atom. The van der Waals surface area contributed by atoms with Crippen molar-refractivity contribution in [3.8, 4) is 0 Å². The molecule has 0 atom stereocenters. The number of aromatic amines is 1. The normalized spacial score (nSPS) is 15.6. The lowest BCUT2D eigenvalue weighted by atomic mass is 10.3. The average Bonchev–Trinajstić information content (AvgIpc) is 3.03. The third kappa shape index (κ3) is 1.26. The van der Waals surface area contributed by atoms with Gasteiger partial charge in [-0.05, 0) is 18.9 Å². The lowest BCUT2D eigenvalue weighted by Gasteiger charge is -2.06. The molecule has 1 aliphatic carbocycles. The fourth-order valence-electron chi connectivity index (χ4n) is 1.78. The second kappa shape index (κ2) is 3.01. The summed E-state index contributed by atoms with van der Waals surface area (Å²) in [6, 6.07) is 1.18. The van der Waals surface area contributed by atoms with Gasteiger partial charge in [0.15, 0.2) is 0 Å². The fraction of sp³-hybridized carbons (Fsp3) is 0.300. The summed E-state index contributed by atoms with van der Waals surface area (Å²) in [6.45, 7) is 0. The molecule has 1 N–H and O–H groups in total. The molecule has 2 aromatic heterocycles. The smallest absolute Gasteiger partial charge is 0.274 e. The molecule has 3 rings (SSSR count). The number of fused-ring (bicyclic) bond motifs is 1. The molecule has 82 valence electrons. The van der Waals surface area contributed by atoms with Crippen LogP contribution >= 0.6 is 0 Å². The van der Waals surface area contributed by atoms with E-state index in [4.69, 9.17) is 0 Å². The van der Waals surface area contributed by atoms with Crippen LogP contribution in [0.1, 0.15) is 18.9 Å². The van der Waals surface area contributed by atoms with E-state index in [0.29, 0.717) is 0 Å². The standard InChI is InChI=1S/C10H8FN3O2/c11-5-3-7-8(12-4-5)14(6-1-2-6)10(16)13-9(7)15/h3-4,6H,1-2H2,(H,13,15,16). The van der Waals surface area contributed by atoms with E-state index >= 15 is 0 Å². The Balaban J connectivity index is 2.49. The van der Waals surface area contributed by atoms with Gasteiger partial charge in [0.05, 0.1) is 11.6 Å². The maximum Gasteiger partial charge on any atom is 0.330 e. The van der Waals surface area contributed by atoms with Crippen molar-refractivity contribution in [2.45, 2.75) is 18.9 Å². The minimum atomic E-state index is -0.594. The Morgan fingerprint density at radius 2 is 2.19 bits per heavy atom. The van der Waals surface area contributed by atoms with Crippen molar-refractivity contribution in [1.82, 2.24) is 14.5 Å². The van der Waals surface area contributed by atoms with Crippen LogP contribution in [0.2, 0.25) is 0 Å². The summed E-state index contributed by atoms with van der Waals surface area (Å²) in [6.07, 6.45) is 2.79. The summed E-state index contributed by atoms with van der Waals surface area (Å²) in [7, 11) is 0. The van der Waals surface area contributed by atoms with Crippen molar-refractivity contribution >= 4 is 11.0 Å². The zero-order valence-corrected chi connectivity index (χ0v) is 8.24. The van der Waals surface area contributed by atoms with E-state index in [1.165, 1.54) is 4.57 Å². The third-order valence-corrected chi connectivity index (χ3v) is 2.66. The van der Waals surface area contributed by atoms with Crippen LogP contribution in [0.3, 0.4) is 0 Å². The van der Waals surface area contributed by atoms with Crippen LogP contribution < -0.4 is 11.2 Å². The van der Waals surface area contributed by atoms with Gasteiger partial charge in [-0.3, -0.25) is 14.3 Å². The molecule has 1 saturated carbocycles. The van der Waals surface area contributed by atoms with Crippen LogP contribution in [0, 0.1) is 5.82 Å². The second-order valence-corrected chi connectivity index (χ2v) is 3.89. The molecule has 2 aromatic rings. The second-order valence-electron chi connectivity index (χ2n) is 3.89. The Bertz CT molecular complexity index is 685. The summed E-state index contributed by atoms with van der Waals surface area (Å²) < 4.78 is 14.4. The first-order valence-electron chi connectivity index (χ1n) is 4.97. The van der Waals surface area contributed by atoms with E-state index in [9.17, 15) is 14.0 Å². The van der Waals surface area contributed by atoms with E-state index in [-0.39, 0.29) is 17.1 Å². The molecular formula is C10H8FN3O2. The van der Waals surface area contributed by atoms with Gasteiger partial charge >= 0.3 is 5.69 Å². The highest BCUT2D eigenvalue weighted by atomic mass is 19.1. The highest BCUT2D eigenvalue weighted by Gasteiger charge is 2.27. The van der Waals surface area contributed by atoms with Crippen molar-refractivity contribution in [2.24, 2.45) is 0 Å². The average molecular weight is 221 g/mol. The number of nitrogens with one attached hydrogen (secondary N) is 1. The Hall–Kier alpha value is -1.98. The van der Waals surface area contributed by atoms with E-state index in [1.54, 1.807) is 0 Å². The first-order valence-corrected chi connectivity index (χ1v) is 4.97. The van der Waals surface area contributed by atoms with Crippen LogP contribution in [0.15, 0.2) is 21.9 Å². The van der Waals surface area contributed by atoms with Gasteiger partial charge in [-0.15, -0.1) is 0 Å². The predicted octanol–water partition coefficient (Wildman–Crippen LogP) is 0.559. The summed E-state index contributed by atoms with van der Waals surface area (Å²) in [5.41, 5.74) is -0.805. The van der Waals surface area contributed by atoms with Crippen LogP contribution in [0.5, 0.6) is 0 Å². The van der Waals surface area contributed by atoms with Crippen molar-refractivity contribution < 1.29 is 4.39 Å². The lowest BCUT2D eigenvalue weighted by Crippen LogP contribution is -2.30. The van der Waals surface area contributed by atoms with E-state index in [0.717, 1.165) is 25.1 Å². The summed E-state index contributed by atoms with van der Waals surface area (Å²) in [5, 5.41) is 0.117. The highest BCUT2D eigenvalue weighted by molar-refractivity contribution is 5.73. The zero-order chi connectivity index (χ0) is 11.3. The number of aromatic nitrogens is 3. The molecule has 0 saturated heterocycles. The number of nitrogens with zero attached hydrogens (tertiary/aromatic N) is 2. The Kier molecular flexibility index (Phi) is 1.74. The van der Waals surface area contributed by atoms with Crippen molar-refractivity contribution in [2.75, 3.05) is 0 Å². The third-order valence-electron chi connectivity index (χ3n) is 2.66. The molecule has 16 heavy (non-hydrogen) atoms. The van der Waals surface area contributed by atoms with Crippen LogP contribution in [-0.4, -0.2) is 14.5 Å². The quantitative estimate of drug-likeness (QED) is 0.765. The molecular weight excluding hydrogens is 213 g/mol. The first kappa shape index (κ1) is 9.26. The SMILES string of the molecule is O=c1[nH]c(=O)n(C2CC2)c2ncc(F)cc12. The number of hydrogen-bond acceptors (Lipinski definition) is 3. The first-order chi connectivity index (χ1) is 7.66. The number of rotatable bonds is 1. The highest BCUT2D eigenvalue weighted by Crippen LogP contribution is 2.34. The summed E-state index contributed by atoms with van der Waals surface area (Å²) in [5.74, 6) is -0.584. The molecule has 0 spiro atoms. The minimum absolute atomic E-state index is 0.0878. The number of pyridine rings is 1. The van der Waals surface area contributed by atoms with E-state index in [1.807, 2.05) is 0 Å². The van der Waals surface area contributed by atoms with E-state index in [2.05, 4.69) is 9.97 Å². The predicted molar refractivity (Wildman–Crippen MR) is 54.9 cm³/mol. The zero-order valence-electron chi connectivity index (χ0n) is 8.24. The Labute approximate surface area is 88.6 Å². The van der Waals surface area contributed by atoms with Crippen LogP contribution in [-0.2, 0) is 0 Å². The van der Waals surface area contributed by atoms with Gasteiger partial charge in [-0.2, -0.15) is 0 Å². The monoisotopic (exact) mass is 221 g/mol. The molecule has 0 aliphatic heterocycles. The summed E-state index contributed by atoms with van der Waals surface area (Å²) in [4.78, 5) is 29.1. The van der Waals surface area contributed by atoms with Gasteiger partial charge in [-0.25, -0.2) is 14.2 Å². The van der Waals surface area contributed by atoms with Crippen LogP contribution in [0.25, 0.3) is 11.0 Å². The Morgan fingerprint density at radius 1 is 1.44 bits per heavy atom. The van der Waals surface area contributed by atoms with Gasteiger partial charge < -0.3 is 0 Å². The molecule has 0 bridgehead atoms. The summed E-state index contributed by atoms with van der Waals surface area (Å²) >= 11 is 0.